The van der Waals surface area contributed by atoms with Crippen LogP contribution in [0.5, 0.6) is 0 Å². The number of carbonyl (C=O) groups is 1. The highest BCUT2D eigenvalue weighted by Crippen LogP contribution is 2.47. The van der Waals surface area contributed by atoms with Crippen molar-refractivity contribution < 1.29 is 14.1 Å². The minimum Gasteiger partial charge on any atom is -0.378 e. The summed E-state index contributed by atoms with van der Waals surface area (Å²) in [7, 11) is 4.22. The van der Waals surface area contributed by atoms with E-state index in [0.29, 0.717) is 31.3 Å². The predicted molar refractivity (Wildman–Crippen MR) is 138 cm³/mol. The van der Waals surface area contributed by atoms with E-state index in [1.54, 1.807) is 6.08 Å². The van der Waals surface area contributed by atoms with E-state index in [-0.39, 0.29) is 5.91 Å². The van der Waals surface area contributed by atoms with Gasteiger partial charge in [-0.3, -0.25) is 4.79 Å². The molecule has 4 aromatic rings. The number of halogens is 1. The summed E-state index contributed by atoms with van der Waals surface area (Å²) in [6.45, 7) is 2.45. The maximum Gasteiger partial charge on any atom is 0.246 e. The molecule has 3 aromatic carbocycles. The molecule has 0 N–H and O–H groups in total. The molecule has 0 atom stereocenters. The lowest BCUT2D eigenvalue weighted by Crippen LogP contribution is -2.39. The normalized spacial score (nSPS) is 15.4. The van der Waals surface area contributed by atoms with E-state index in [1.165, 1.54) is 16.6 Å². The Morgan fingerprint density at radius 1 is 1.03 bits per heavy atom. The molecule has 6 rings (SSSR count). The molecule has 0 unspecified atom stereocenters. The summed E-state index contributed by atoms with van der Waals surface area (Å²) in [6.07, 6.45) is 3.60. The van der Waals surface area contributed by atoms with E-state index in [0.717, 1.165) is 33.2 Å². The van der Waals surface area contributed by atoms with Gasteiger partial charge in [0.15, 0.2) is 0 Å². The Balaban J connectivity index is 1.60. The first kappa shape index (κ1) is 21.1. The second-order valence-corrected chi connectivity index (χ2v) is 9.32. The van der Waals surface area contributed by atoms with Gasteiger partial charge in [0.2, 0.25) is 17.1 Å². The Bertz CT molecular complexity index is 1510. The van der Waals surface area contributed by atoms with Crippen LogP contribution in [0.2, 0.25) is 5.02 Å². The summed E-state index contributed by atoms with van der Waals surface area (Å²) in [5, 5.41) is 4.12. The van der Waals surface area contributed by atoms with Crippen LogP contribution in [0.4, 0.5) is 11.4 Å². The summed E-state index contributed by atoms with van der Waals surface area (Å²) in [5.41, 5.74) is 6.76. The van der Waals surface area contributed by atoms with Crippen molar-refractivity contribution in [1.29, 1.82) is 0 Å². The number of aromatic nitrogens is 1. The van der Waals surface area contributed by atoms with Gasteiger partial charge in [0.25, 0.3) is 0 Å². The topological polar surface area (TPSA) is 36.7 Å². The van der Waals surface area contributed by atoms with Crippen molar-refractivity contribution in [2.75, 3.05) is 38.3 Å². The van der Waals surface area contributed by atoms with Crippen LogP contribution in [0.15, 0.2) is 60.7 Å². The number of para-hydroxylation sites is 1. The molecule has 3 heterocycles. The maximum absolute atomic E-state index is 12.7. The summed E-state index contributed by atoms with van der Waals surface area (Å²) in [5.74, 6) is 0.0174. The van der Waals surface area contributed by atoms with Gasteiger partial charge in [-0.05, 0) is 48.0 Å². The van der Waals surface area contributed by atoms with Gasteiger partial charge in [-0.2, -0.15) is 4.57 Å². The van der Waals surface area contributed by atoms with E-state index in [2.05, 4.69) is 66.0 Å². The lowest BCUT2D eigenvalue weighted by atomic mass is 9.91. The van der Waals surface area contributed by atoms with Crippen LogP contribution >= 0.6 is 11.6 Å². The first-order valence-electron chi connectivity index (χ1n) is 11.5. The Morgan fingerprint density at radius 2 is 1.82 bits per heavy atom. The zero-order chi connectivity index (χ0) is 23.4. The van der Waals surface area contributed by atoms with Gasteiger partial charge in [-0.1, -0.05) is 23.7 Å². The Hall–Kier alpha value is -3.41. The zero-order valence-electron chi connectivity index (χ0n) is 19.2. The van der Waals surface area contributed by atoms with Crippen LogP contribution in [-0.2, 0) is 16.6 Å². The Morgan fingerprint density at radius 3 is 2.65 bits per heavy atom. The minimum atomic E-state index is 0.0174. The van der Waals surface area contributed by atoms with Crippen molar-refractivity contribution in [2.24, 2.45) is 7.05 Å². The molecule has 6 heteroatoms. The Labute approximate surface area is 203 Å². The highest BCUT2D eigenvalue weighted by Gasteiger charge is 2.31. The van der Waals surface area contributed by atoms with Crippen LogP contribution in [-0.4, -0.2) is 44.2 Å². The standard InChI is InChI=1S/C28H25ClN3O2/c1-30-23-6-4-3-5-20(23)28-27-22(21-17-19(29)8-9-24(21)31(28)2)15-18(16-25(27)30)7-10-26(33)32-11-13-34-14-12-32/h3-10,15-17H,11-14H2,1-2H3/q+1/b10-7+. The fourth-order valence-corrected chi connectivity index (χ4v) is 5.42. The molecule has 1 aromatic heterocycles. The predicted octanol–water partition coefficient (Wildman–Crippen LogP) is 5.09. The van der Waals surface area contributed by atoms with Crippen LogP contribution in [0.25, 0.3) is 39.0 Å². The average molecular weight is 471 g/mol. The number of nitrogens with zero attached hydrogens (tertiary/aromatic N) is 3. The summed E-state index contributed by atoms with van der Waals surface area (Å²) >= 11 is 6.44. The third kappa shape index (κ3) is 3.27. The van der Waals surface area contributed by atoms with Gasteiger partial charge in [-0.25, -0.2) is 0 Å². The van der Waals surface area contributed by atoms with Gasteiger partial charge in [0, 0.05) is 42.7 Å². The Kier molecular flexibility index (Phi) is 5.05. The SMILES string of the molecule is CN1c2ccccc2-c2c3c1cc(/C=C/C(=O)N1CCOCC1)cc3c1cc(Cl)ccc1[n+]2C. The van der Waals surface area contributed by atoms with Crippen LogP contribution in [0, 0.1) is 0 Å². The lowest BCUT2D eigenvalue weighted by molar-refractivity contribution is -0.632. The molecule has 0 spiro atoms. The van der Waals surface area contributed by atoms with Gasteiger partial charge in [-0.15, -0.1) is 0 Å². The molecule has 1 fully saturated rings. The smallest absolute Gasteiger partial charge is 0.246 e. The molecule has 34 heavy (non-hydrogen) atoms. The third-order valence-electron chi connectivity index (χ3n) is 6.95. The number of carbonyl (C=O) groups excluding carboxylic acids is 1. The molecule has 1 saturated heterocycles. The zero-order valence-corrected chi connectivity index (χ0v) is 20.0. The molecule has 1 amide bonds. The van der Waals surface area contributed by atoms with E-state index in [1.807, 2.05) is 23.1 Å². The van der Waals surface area contributed by atoms with E-state index >= 15 is 0 Å². The summed E-state index contributed by atoms with van der Waals surface area (Å²) in [4.78, 5) is 16.8. The summed E-state index contributed by atoms with van der Waals surface area (Å²) in [6, 6.07) is 18.9. The van der Waals surface area contributed by atoms with Gasteiger partial charge >= 0.3 is 0 Å². The monoisotopic (exact) mass is 470 g/mol. The number of morpholine rings is 1. The fraction of sp³-hybridized carbons (Fsp3) is 0.214. The first-order chi connectivity index (χ1) is 16.5. The van der Waals surface area contributed by atoms with Crippen molar-refractivity contribution in [3.63, 3.8) is 0 Å². The van der Waals surface area contributed by atoms with E-state index < -0.39 is 0 Å². The number of anilines is 2. The van der Waals surface area contributed by atoms with E-state index in [4.69, 9.17) is 16.3 Å². The number of ether oxygens (including phenoxy) is 1. The number of pyridine rings is 1. The van der Waals surface area contributed by atoms with Gasteiger partial charge < -0.3 is 14.5 Å². The number of amides is 1. The van der Waals surface area contributed by atoms with Crippen LogP contribution in [0.1, 0.15) is 5.56 Å². The first-order valence-corrected chi connectivity index (χ1v) is 11.9. The fourth-order valence-electron chi connectivity index (χ4n) is 5.24. The van der Waals surface area contributed by atoms with Crippen molar-refractivity contribution >= 4 is 56.6 Å². The molecule has 2 aliphatic heterocycles. The molecule has 5 nitrogen and oxygen atoms in total. The highest BCUT2D eigenvalue weighted by molar-refractivity contribution is 6.32. The van der Waals surface area contributed by atoms with Crippen molar-refractivity contribution in [3.05, 3.63) is 71.3 Å². The van der Waals surface area contributed by atoms with Crippen molar-refractivity contribution in [1.82, 2.24) is 4.90 Å². The van der Waals surface area contributed by atoms with Gasteiger partial charge in [0.1, 0.15) is 7.05 Å². The third-order valence-corrected chi connectivity index (χ3v) is 7.18. The molecule has 0 saturated carbocycles. The minimum absolute atomic E-state index is 0.0174. The van der Waals surface area contributed by atoms with Crippen molar-refractivity contribution in [2.45, 2.75) is 0 Å². The number of hydrogen-bond donors (Lipinski definition) is 0. The number of rotatable bonds is 2. The molecular formula is C28H25ClN3O2+. The average Bonchev–Trinajstić information content (AvgIpc) is 2.87. The number of aryl methyl sites for hydroxylation is 1. The maximum atomic E-state index is 12.7. The molecule has 170 valence electrons. The second kappa shape index (κ2) is 8.12. The van der Waals surface area contributed by atoms with E-state index in [9.17, 15) is 4.79 Å². The molecule has 0 bridgehead atoms. The molecule has 0 aliphatic carbocycles. The highest BCUT2D eigenvalue weighted by atomic mass is 35.5. The molecule has 0 radical (unpaired) electrons. The van der Waals surface area contributed by atoms with Crippen LogP contribution < -0.4 is 9.47 Å². The van der Waals surface area contributed by atoms with Crippen molar-refractivity contribution in [3.8, 4) is 11.3 Å². The lowest BCUT2D eigenvalue weighted by Gasteiger charge is -2.29. The second-order valence-electron chi connectivity index (χ2n) is 8.88. The molecule has 2 aliphatic rings. The number of hydrogen-bond acceptors (Lipinski definition) is 3. The quantitative estimate of drug-likeness (QED) is 0.232. The molecular weight excluding hydrogens is 446 g/mol. The summed E-state index contributed by atoms with van der Waals surface area (Å²) < 4.78 is 7.64. The van der Waals surface area contributed by atoms with Gasteiger partial charge in [0.05, 0.1) is 40.9 Å². The van der Waals surface area contributed by atoms with Crippen LogP contribution in [0.3, 0.4) is 0 Å². The largest absolute Gasteiger partial charge is 0.378 e. The number of fused-ring (bicyclic) bond motifs is 4. The number of benzene rings is 3.